The Morgan fingerprint density at radius 1 is 1.69 bits per heavy atom. The van der Waals surface area contributed by atoms with Crippen molar-refractivity contribution in [2.75, 3.05) is 6.61 Å². The largest absolute Gasteiger partial charge is 0.481 e. The Hall–Kier alpha value is -2.44. The van der Waals surface area contributed by atoms with Crippen LogP contribution >= 0.6 is 0 Å². The van der Waals surface area contributed by atoms with Gasteiger partial charge in [-0.1, -0.05) is 6.58 Å². The van der Waals surface area contributed by atoms with Crippen molar-refractivity contribution in [3.8, 4) is 5.75 Å². The molecule has 0 bridgehead atoms. The molecule has 7 heteroatoms. The maximum Gasteiger partial charge on any atom is 0.406 e. The van der Waals surface area contributed by atoms with Crippen LogP contribution in [-0.2, 0) is 4.79 Å². The van der Waals surface area contributed by atoms with Crippen LogP contribution in [-0.4, -0.2) is 27.6 Å². The van der Waals surface area contributed by atoms with Gasteiger partial charge in [-0.2, -0.15) is 0 Å². The van der Waals surface area contributed by atoms with E-state index in [0.29, 0.717) is 0 Å². The van der Waals surface area contributed by atoms with Gasteiger partial charge >= 0.3 is 11.8 Å². The highest BCUT2D eigenvalue weighted by Gasteiger charge is 2.16. The zero-order chi connectivity index (χ0) is 12.1. The van der Waals surface area contributed by atoms with Crippen LogP contribution in [0.15, 0.2) is 30.5 Å². The molecule has 1 N–H and O–H groups in total. The van der Waals surface area contributed by atoms with E-state index in [-0.39, 0.29) is 17.9 Å². The van der Waals surface area contributed by atoms with Gasteiger partial charge in [-0.25, -0.2) is 4.79 Å². The Balaban J connectivity index is 2.78. The summed E-state index contributed by atoms with van der Waals surface area (Å²) in [5.41, 5.74) is -0.196. The average Bonchev–Trinajstić information content (AvgIpc) is 2.25. The third-order valence-corrected chi connectivity index (χ3v) is 1.63. The summed E-state index contributed by atoms with van der Waals surface area (Å²) in [5, 5.41) is 19.0. The number of carboxylic acids is 1. The molecule has 84 valence electrons. The van der Waals surface area contributed by atoms with Gasteiger partial charge in [-0.05, 0) is 22.0 Å². The van der Waals surface area contributed by atoms with E-state index in [9.17, 15) is 14.9 Å². The third-order valence-electron chi connectivity index (χ3n) is 1.63. The molecule has 1 heterocycles. The number of hydrogen-bond acceptors (Lipinski definition) is 5. The molecule has 0 aromatic carbocycles. The summed E-state index contributed by atoms with van der Waals surface area (Å²) in [7, 11) is 0. The molecular formula is C9H8N2O5. The minimum Gasteiger partial charge on any atom is -0.481 e. The van der Waals surface area contributed by atoms with E-state index in [0.717, 1.165) is 0 Å². The SMILES string of the molecule is C=C(COc1cccnc1[N+](=O)[O-])C(=O)O. The molecule has 0 fully saturated rings. The number of aromatic nitrogens is 1. The Morgan fingerprint density at radius 2 is 2.38 bits per heavy atom. The minimum atomic E-state index is -1.22. The lowest BCUT2D eigenvalue weighted by molar-refractivity contribution is -0.390. The summed E-state index contributed by atoms with van der Waals surface area (Å²) >= 11 is 0. The Morgan fingerprint density at radius 3 is 2.94 bits per heavy atom. The Kier molecular flexibility index (Phi) is 3.54. The number of ether oxygens (including phenoxy) is 1. The van der Waals surface area contributed by atoms with E-state index in [1.165, 1.54) is 18.3 Å². The summed E-state index contributed by atoms with van der Waals surface area (Å²) < 4.78 is 4.94. The van der Waals surface area contributed by atoms with Crippen molar-refractivity contribution in [2.45, 2.75) is 0 Å². The third kappa shape index (κ3) is 2.77. The predicted molar refractivity (Wildman–Crippen MR) is 53.2 cm³/mol. The summed E-state index contributed by atoms with van der Waals surface area (Å²) in [4.78, 5) is 23.7. The van der Waals surface area contributed by atoms with Gasteiger partial charge in [0.25, 0.3) is 0 Å². The van der Waals surface area contributed by atoms with Crippen LogP contribution in [0.3, 0.4) is 0 Å². The molecule has 0 spiro atoms. The van der Waals surface area contributed by atoms with Crippen LogP contribution < -0.4 is 4.74 Å². The fraction of sp³-hybridized carbons (Fsp3) is 0.111. The minimum absolute atomic E-state index is 0.0881. The standard InChI is InChI=1S/C9H8N2O5/c1-6(9(12)13)5-16-7-3-2-4-10-8(7)11(14)15/h2-4H,1,5H2,(H,12,13). The molecular weight excluding hydrogens is 216 g/mol. The molecule has 0 aliphatic carbocycles. The van der Waals surface area contributed by atoms with E-state index >= 15 is 0 Å². The summed E-state index contributed by atoms with van der Waals surface area (Å²) in [6, 6.07) is 2.78. The highest BCUT2D eigenvalue weighted by molar-refractivity contribution is 5.86. The number of pyridine rings is 1. The zero-order valence-electron chi connectivity index (χ0n) is 8.12. The highest BCUT2D eigenvalue weighted by Crippen LogP contribution is 2.23. The number of aliphatic carboxylic acids is 1. The van der Waals surface area contributed by atoms with E-state index in [2.05, 4.69) is 11.6 Å². The van der Waals surface area contributed by atoms with Gasteiger partial charge in [0.05, 0.1) is 5.57 Å². The number of rotatable bonds is 5. The summed E-state index contributed by atoms with van der Waals surface area (Å²) in [6.07, 6.45) is 1.25. The van der Waals surface area contributed by atoms with Crippen molar-refractivity contribution in [1.29, 1.82) is 0 Å². The first-order chi connectivity index (χ1) is 7.52. The van der Waals surface area contributed by atoms with Gasteiger partial charge in [-0.15, -0.1) is 0 Å². The molecule has 0 aliphatic rings. The quantitative estimate of drug-likeness (QED) is 0.454. The lowest BCUT2D eigenvalue weighted by Gasteiger charge is -2.05. The van der Waals surface area contributed by atoms with E-state index in [1.807, 2.05) is 0 Å². The molecule has 1 rings (SSSR count). The van der Waals surface area contributed by atoms with Crippen molar-refractivity contribution in [2.24, 2.45) is 0 Å². The first-order valence-electron chi connectivity index (χ1n) is 4.15. The maximum atomic E-state index is 10.5. The van der Waals surface area contributed by atoms with Crippen LogP contribution in [0.2, 0.25) is 0 Å². The van der Waals surface area contributed by atoms with Gasteiger partial charge in [0.2, 0.25) is 5.75 Å². The zero-order valence-corrected chi connectivity index (χ0v) is 8.12. The molecule has 0 aliphatic heterocycles. The average molecular weight is 224 g/mol. The number of nitro groups is 1. The van der Waals surface area contributed by atoms with Crippen molar-refractivity contribution < 1.29 is 19.6 Å². The lowest BCUT2D eigenvalue weighted by atomic mass is 10.3. The molecule has 0 saturated heterocycles. The van der Waals surface area contributed by atoms with Crippen LogP contribution in [0.1, 0.15) is 0 Å². The predicted octanol–water partition coefficient (Wildman–Crippen LogP) is 1.01. The van der Waals surface area contributed by atoms with E-state index in [1.54, 1.807) is 0 Å². The maximum absolute atomic E-state index is 10.5. The van der Waals surface area contributed by atoms with E-state index < -0.39 is 16.7 Å². The van der Waals surface area contributed by atoms with Crippen molar-refractivity contribution >= 4 is 11.8 Å². The van der Waals surface area contributed by atoms with Crippen LogP contribution in [0, 0.1) is 10.1 Å². The second-order valence-corrected chi connectivity index (χ2v) is 2.78. The van der Waals surface area contributed by atoms with Gasteiger partial charge < -0.3 is 20.0 Å². The fourth-order valence-corrected chi connectivity index (χ4v) is 0.859. The first kappa shape index (κ1) is 11.6. The molecule has 0 amide bonds. The van der Waals surface area contributed by atoms with Crippen LogP contribution in [0.25, 0.3) is 0 Å². The van der Waals surface area contributed by atoms with Gasteiger partial charge in [0.15, 0.2) is 0 Å². The molecule has 7 nitrogen and oxygen atoms in total. The summed E-state index contributed by atoms with van der Waals surface area (Å²) in [5.74, 6) is -1.76. The normalized spacial score (nSPS) is 9.50. The number of carbonyl (C=O) groups is 1. The van der Waals surface area contributed by atoms with E-state index in [4.69, 9.17) is 9.84 Å². The van der Waals surface area contributed by atoms with Crippen LogP contribution in [0.5, 0.6) is 5.75 Å². The lowest BCUT2D eigenvalue weighted by Crippen LogP contribution is -2.10. The highest BCUT2D eigenvalue weighted by atomic mass is 16.6. The van der Waals surface area contributed by atoms with Gasteiger partial charge in [0, 0.05) is 0 Å². The molecule has 1 aromatic rings. The Bertz CT molecular complexity index is 443. The summed E-state index contributed by atoms with van der Waals surface area (Å²) in [6.45, 7) is 2.90. The fourth-order valence-electron chi connectivity index (χ4n) is 0.859. The van der Waals surface area contributed by atoms with Crippen LogP contribution in [0.4, 0.5) is 5.82 Å². The van der Waals surface area contributed by atoms with Crippen molar-refractivity contribution in [1.82, 2.24) is 4.98 Å². The van der Waals surface area contributed by atoms with Crippen molar-refractivity contribution in [3.05, 3.63) is 40.6 Å². The van der Waals surface area contributed by atoms with Crippen molar-refractivity contribution in [3.63, 3.8) is 0 Å². The number of hydrogen-bond donors (Lipinski definition) is 1. The Labute approximate surface area is 90.1 Å². The molecule has 0 saturated carbocycles. The van der Waals surface area contributed by atoms with Gasteiger partial charge in [-0.3, -0.25) is 0 Å². The second-order valence-electron chi connectivity index (χ2n) is 2.78. The molecule has 16 heavy (non-hydrogen) atoms. The first-order valence-corrected chi connectivity index (χ1v) is 4.15. The molecule has 0 radical (unpaired) electrons. The molecule has 0 atom stereocenters. The smallest absolute Gasteiger partial charge is 0.406 e. The topological polar surface area (TPSA) is 103 Å². The second kappa shape index (κ2) is 4.87. The monoisotopic (exact) mass is 224 g/mol. The van der Waals surface area contributed by atoms with Gasteiger partial charge in [0.1, 0.15) is 12.8 Å². The molecule has 1 aromatic heterocycles. The number of nitrogens with zero attached hydrogens (tertiary/aromatic N) is 2. The number of carboxylic acid groups (broad SMARTS) is 1. The molecule has 0 unspecified atom stereocenters.